The average molecular weight is 366 g/mol. The Morgan fingerprint density at radius 1 is 1.48 bits per heavy atom. The molecule has 25 heavy (non-hydrogen) atoms. The van der Waals surface area contributed by atoms with E-state index in [4.69, 9.17) is 11.6 Å². The summed E-state index contributed by atoms with van der Waals surface area (Å²) in [6.07, 6.45) is 2.07. The summed E-state index contributed by atoms with van der Waals surface area (Å²) in [7, 11) is 0. The van der Waals surface area contributed by atoms with Crippen molar-refractivity contribution in [2.75, 3.05) is 13.1 Å². The molecule has 0 aliphatic carbocycles. The molecule has 1 aromatic heterocycles. The minimum absolute atomic E-state index is 0.120. The van der Waals surface area contributed by atoms with Gasteiger partial charge in [-0.05, 0) is 43.4 Å². The highest BCUT2D eigenvalue weighted by atomic mass is 35.5. The van der Waals surface area contributed by atoms with Gasteiger partial charge in [-0.15, -0.1) is 0 Å². The maximum absolute atomic E-state index is 13.8. The van der Waals surface area contributed by atoms with Gasteiger partial charge in [0.1, 0.15) is 11.9 Å². The average Bonchev–Trinajstić information content (AvgIpc) is 3.03. The lowest BCUT2D eigenvalue weighted by Crippen LogP contribution is -2.44. The van der Waals surface area contributed by atoms with Crippen molar-refractivity contribution in [2.24, 2.45) is 0 Å². The number of aliphatic hydroxyl groups is 1. The largest absolute Gasteiger partial charge is 0.383 e. The van der Waals surface area contributed by atoms with Gasteiger partial charge in [0, 0.05) is 35.8 Å². The van der Waals surface area contributed by atoms with Crippen molar-refractivity contribution in [3.63, 3.8) is 0 Å². The predicted molar refractivity (Wildman–Crippen MR) is 93.0 cm³/mol. The van der Waals surface area contributed by atoms with Crippen molar-refractivity contribution in [2.45, 2.75) is 38.2 Å². The van der Waals surface area contributed by atoms with Gasteiger partial charge < -0.3 is 10.0 Å². The van der Waals surface area contributed by atoms with E-state index in [2.05, 4.69) is 10.2 Å². The first kappa shape index (κ1) is 17.9. The van der Waals surface area contributed by atoms with E-state index in [1.54, 1.807) is 11.0 Å². The summed E-state index contributed by atoms with van der Waals surface area (Å²) in [5.74, 6) is -0.517. The lowest BCUT2D eigenvalue weighted by molar-refractivity contribution is -0.141. The molecule has 1 aliphatic rings. The fourth-order valence-corrected chi connectivity index (χ4v) is 3.64. The number of piperidine rings is 1. The number of hydrogen-bond acceptors (Lipinski definition) is 3. The van der Waals surface area contributed by atoms with E-state index in [9.17, 15) is 14.3 Å². The third-order valence-corrected chi connectivity index (χ3v) is 5.21. The summed E-state index contributed by atoms with van der Waals surface area (Å²) in [5.41, 5.74) is 2.42. The van der Waals surface area contributed by atoms with Gasteiger partial charge in [0.2, 0.25) is 0 Å². The van der Waals surface area contributed by atoms with Crippen LogP contribution in [0.4, 0.5) is 4.39 Å². The Balaban J connectivity index is 1.60. The van der Waals surface area contributed by atoms with Gasteiger partial charge in [-0.3, -0.25) is 9.89 Å². The highest BCUT2D eigenvalue weighted by Crippen LogP contribution is 2.29. The fourth-order valence-electron chi connectivity index (χ4n) is 3.40. The monoisotopic (exact) mass is 365 g/mol. The van der Waals surface area contributed by atoms with E-state index in [-0.39, 0.29) is 22.9 Å². The summed E-state index contributed by atoms with van der Waals surface area (Å²) in [6.45, 7) is 3.12. The van der Waals surface area contributed by atoms with Crippen molar-refractivity contribution in [1.29, 1.82) is 0 Å². The number of hydrogen-bond donors (Lipinski definition) is 2. The van der Waals surface area contributed by atoms with Crippen molar-refractivity contribution < 1.29 is 14.3 Å². The Labute approximate surface area is 150 Å². The number of aromatic amines is 1. The molecule has 1 aliphatic heterocycles. The second-order valence-corrected chi connectivity index (χ2v) is 6.88. The molecule has 0 saturated carbocycles. The maximum atomic E-state index is 13.8. The van der Waals surface area contributed by atoms with Crippen LogP contribution in [0, 0.1) is 12.7 Å². The second-order valence-electron chi connectivity index (χ2n) is 6.47. The van der Waals surface area contributed by atoms with Gasteiger partial charge >= 0.3 is 0 Å². The van der Waals surface area contributed by atoms with E-state index >= 15 is 0 Å². The number of benzene rings is 1. The van der Waals surface area contributed by atoms with Gasteiger partial charge in [-0.2, -0.15) is 5.10 Å². The number of H-pyrrole nitrogens is 1. The number of likely N-dealkylation sites (tertiary alicyclic amines) is 1. The van der Waals surface area contributed by atoms with E-state index in [1.807, 2.05) is 13.1 Å². The zero-order chi connectivity index (χ0) is 18.0. The van der Waals surface area contributed by atoms with Crippen LogP contribution < -0.4 is 0 Å². The molecule has 1 unspecified atom stereocenters. The topological polar surface area (TPSA) is 69.2 Å². The van der Waals surface area contributed by atoms with Crippen molar-refractivity contribution in [3.05, 3.63) is 52.1 Å². The normalized spacial score (nSPS) is 16.9. The van der Waals surface area contributed by atoms with Crippen molar-refractivity contribution in [3.8, 4) is 0 Å². The smallest absolute Gasteiger partial charge is 0.251 e. The van der Waals surface area contributed by atoms with Crippen LogP contribution in [0.2, 0.25) is 5.02 Å². The third kappa shape index (κ3) is 3.85. The number of halogens is 2. The van der Waals surface area contributed by atoms with Gasteiger partial charge in [0.05, 0.1) is 6.20 Å². The molecule has 1 aromatic carbocycles. The standard InChI is InChI=1S/C18H21ClFN3O2/c1-11-14(10-21-22-11)12-5-7-23(8-6-12)18(25)17(24)9-13-15(19)3-2-4-16(13)20/h2-4,10,12,17,24H,5-9H2,1H3,(H,21,22). The van der Waals surface area contributed by atoms with Crippen LogP contribution in [0.1, 0.15) is 35.6 Å². The lowest BCUT2D eigenvalue weighted by atomic mass is 9.89. The van der Waals surface area contributed by atoms with Crippen LogP contribution in [-0.2, 0) is 11.2 Å². The summed E-state index contributed by atoms with van der Waals surface area (Å²) in [6, 6.07) is 4.32. The number of aromatic nitrogens is 2. The number of aryl methyl sites for hydroxylation is 1. The molecule has 0 radical (unpaired) electrons. The highest BCUT2D eigenvalue weighted by molar-refractivity contribution is 6.31. The Kier molecular flexibility index (Phi) is 5.39. The molecule has 7 heteroatoms. The number of nitrogens with zero attached hydrogens (tertiary/aromatic N) is 2. The van der Waals surface area contributed by atoms with Crippen LogP contribution in [0.15, 0.2) is 24.4 Å². The SMILES string of the molecule is Cc1[nH]ncc1C1CCN(C(=O)C(O)Cc2c(F)cccc2Cl)CC1. The first-order valence-corrected chi connectivity index (χ1v) is 8.74. The molecule has 134 valence electrons. The van der Waals surface area contributed by atoms with Crippen LogP contribution in [0.25, 0.3) is 0 Å². The molecule has 5 nitrogen and oxygen atoms in total. The van der Waals surface area contributed by atoms with Gasteiger partial charge in [-0.1, -0.05) is 17.7 Å². The predicted octanol–water partition coefficient (Wildman–Crippen LogP) is 2.82. The molecule has 2 N–H and O–H groups in total. The Hall–Kier alpha value is -1.92. The second kappa shape index (κ2) is 7.54. The number of carbonyl (C=O) groups is 1. The van der Waals surface area contributed by atoms with Crippen molar-refractivity contribution >= 4 is 17.5 Å². The lowest BCUT2D eigenvalue weighted by Gasteiger charge is -2.33. The quantitative estimate of drug-likeness (QED) is 0.875. The molecule has 1 fully saturated rings. The van der Waals surface area contributed by atoms with Crippen LogP contribution >= 0.6 is 11.6 Å². The number of amides is 1. The molecule has 2 aromatic rings. The molecule has 0 spiro atoms. The number of rotatable bonds is 4. The Morgan fingerprint density at radius 3 is 2.80 bits per heavy atom. The summed E-state index contributed by atoms with van der Waals surface area (Å²) in [4.78, 5) is 14.1. The molecule has 0 bridgehead atoms. The van der Waals surface area contributed by atoms with Crippen LogP contribution in [-0.4, -0.2) is 45.3 Å². The molecule has 1 amide bonds. The Bertz CT molecular complexity index is 736. The van der Waals surface area contributed by atoms with E-state index < -0.39 is 11.9 Å². The zero-order valence-corrected chi connectivity index (χ0v) is 14.8. The van der Waals surface area contributed by atoms with E-state index in [1.165, 1.54) is 17.7 Å². The van der Waals surface area contributed by atoms with Crippen LogP contribution in [0.3, 0.4) is 0 Å². The number of carbonyl (C=O) groups excluding carboxylic acids is 1. The van der Waals surface area contributed by atoms with Gasteiger partial charge in [-0.25, -0.2) is 4.39 Å². The first-order chi connectivity index (χ1) is 12.0. The minimum Gasteiger partial charge on any atom is -0.383 e. The summed E-state index contributed by atoms with van der Waals surface area (Å²) >= 11 is 5.97. The highest BCUT2D eigenvalue weighted by Gasteiger charge is 2.29. The maximum Gasteiger partial charge on any atom is 0.251 e. The van der Waals surface area contributed by atoms with Gasteiger partial charge in [0.25, 0.3) is 5.91 Å². The molecule has 2 heterocycles. The molecule has 3 rings (SSSR count). The zero-order valence-electron chi connectivity index (χ0n) is 14.0. The number of nitrogens with one attached hydrogen (secondary N) is 1. The molecular formula is C18H21ClFN3O2. The first-order valence-electron chi connectivity index (χ1n) is 8.37. The molecular weight excluding hydrogens is 345 g/mol. The van der Waals surface area contributed by atoms with E-state index in [0.717, 1.165) is 18.5 Å². The minimum atomic E-state index is -1.29. The van der Waals surface area contributed by atoms with E-state index in [0.29, 0.717) is 19.0 Å². The fraction of sp³-hybridized carbons (Fsp3) is 0.444. The van der Waals surface area contributed by atoms with Crippen LogP contribution in [0.5, 0.6) is 0 Å². The van der Waals surface area contributed by atoms with Crippen molar-refractivity contribution in [1.82, 2.24) is 15.1 Å². The Morgan fingerprint density at radius 2 is 2.20 bits per heavy atom. The summed E-state index contributed by atoms with van der Waals surface area (Å²) < 4.78 is 13.8. The summed E-state index contributed by atoms with van der Waals surface area (Å²) in [5, 5.41) is 17.4. The molecule has 1 saturated heterocycles. The van der Waals surface area contributed by atoms with Gasteiger partial charge in [0.15, 0.2) is 0 Å². The third-order valence-electron chi connectivity index (χ3n) is 4.86. The molecule has 1 atom stereocenters. The number of aliphatic hydroxyl groups excluding tert-OH is 1.